The molecule has 0 aromatic carbocycles. The number of alkyl halides is 35. The number of hydrogen-bond acceptors (Lipinski definition) is 8. The Morgan fingerprint density at radius 1 is 0.392 bits per heavy atom. The molecule has 0 aromatic rings. The molecule has 0 aromatic heterocycles. The van der Waals surface area contributed by atoms with Crippen molar-refractivity contribution in [1.29, 1.82) is 0 Å². The highest BCUT2D eigenvalue weighted by atomic mass is 28.4. The van der Waals surface area contributed by atoms with Crippen LogP contribution in [0.2, 0.25) is 18.1 Å². The number of halogens is 35. The lowest BCUT2D eigenvalue weighted by Crippen LogP contribution is -2.73. The molecule has 44 heteroatoms. The van der Waals surface area contributed by atoms with E-state index in [1.165, 1.54) is 0 Å². The Kier molecular flexibility index (Phi) is 23.0. The maximum Gasteiger partial charge on any atom is 0.462 e. The number of hydrogen-bond donors (Lipinski definition) is 1. The van der Waals surface area contributed by atoms with Gasteiger partial charge in [-0.2, -0.15) is 154 Å². The van der Waals surface area contributed by atoms with Crippen LogP contribution in [-0.4, -0.2) is 142 Å². The molecular weight excluding hydrogens is 1240 g/mol. The van der Waals surface area contributed by atoms with E-state index in [9.17, 15) is 146 Å². The maximum atomic E-state index is 15.2. The highest BCUT2D eigenvalue weighted by molar-refractivity contribution is 6.73. The van der Waals surface area contributed by atoms with E-state index in [2.05, 4.69) is 4.74 Å². The maximum absolute atomic E-state index is 15.2. The van der Waals surface area contributed by atoms with E-state index >= 15 is 13.2 Å². The van der Waals surface area contributed by atoms with Crippen molar-refractivity contribution in [3.8, 4) is 12.3 Å². The molecule has 0 aliphatic carbocycles. The van der Waals surface area contributed by atoms with E-state index in [0.717, 1.165) is 25.9 Å². The normalized spacial score (nSPS) is 19.6. The van der Waals surface area contributed by atoms with Gasteiger partial charge in [-0.1, -0.05) is 45.5 Å². The molecule has 1 N–H and O–H groups in total. The van der Waals surface area contributed by atoms with Crippen LogP contribution >= 0.6 is 0 Å². The molecule has 0 saturated carbocycles. The van der Waals surface area contributed by atoms with Crippen molar-refractivity contribution in [2.24, 2.45) is 0 Å². The minimum atomic E-state index is -9.60. The first kappa shape index (κ1) is 76.0. The molecule has 8 nitrogen and oxygen atoms in total. The zero-order chi connectivity index (χ0) is 63.6. The molecule has 0 heterocycles. The van der Waals surface area contributed by atoms with Gasteiger partial charge in [0.05, 0.1) is 0 Å². The molecule has 0 radical (unpaired) electrons. The van der Waals surface area contributed by atoms with Crippen LogP contribution in [0.25, 0.3) is 0 Å². The van der Waals surface area contributed by atoms with Crippen molar-refractivity contribution >= 4 is 8.32 Å². The summed E-state index contributed by atoms with van der Waals surface area (Å²) in [4.78, 5) is 0. The monoisotopic (exact) mass is 1280 g/mol. The Morgan fingerprint density at radius 2 is 0.684 bits per heavy atom. The molecule has 0 fully saturated rings. The van der Waals surface area contributed by atoms with Gasteiger partial charge in [-0.3, -0.25) is 23.7 Å². The van der Waals surface area contributed by atoms with Crippen molar-refractivity contribution in [3.63, 3.8) is 0 Å². The van der Waals surface area contributed by atoms with E-state index < -0.39 is 136 Å². The van der Waals surface area contributed by atoms with Gasteiger partial charge in [0.1, 0.15) is 12.2 Å². The van der Waals surface area contributed by atoms with Crippen LogP contribution in [0.1, 0.15) is 59.3 Å². The van der Waals surface area contributed by atoms with Crippen LogP contribution in [0.4, 0.5) is 154 Å². The molecule has 472 valence electrons. The molecule has 0 rings (SSSR count). The van der Waals surface area contributed by atoms with Gasteiger partial charge in [-0.25, -0.2) is 0 Å². The standard InChI is InChI=1S/C35H35F35O8Si/c1-5-8-14-79(15-9-6-2,73-13-11-18(4,71)7-3)16-10-12-72-17-19(36,25(43,44)45)74-32(63,64)21(39,27(49,50)51)76-34(67,68)23(41,29(55,56)57)78-35(69,70)24(42,30(58,59)60)77-33(65,66)22(40,28(52,53)54)75-31(61,62)20(37,38)26(46,47)48/h3,71H,5-6,8-17H2,1-2,4H3. The van der Waals surface area contributed by atoms with Gasteiger partial charge < -0.3 is 14.3 Å². The molecule has 6 unspecified atom stereocenters. The average molecular weight is 1280 g/mol. The summed E-state index contributed by atoms with van der Waals surface area (Å²) in [6.07, 6.45) is -91.6. The predicted molar refractivity (Wildman–Crippen MR) is 186 cm³/mol. The second-order valence-electron chi connectivity index (χ2n) is 16.3. The summed E-state index contributed by atoms with van der Waals surface area (Å²) in [7, 11) is -3.21. The molecule has 0 spiro atoms. The Hall–Kier alpha value is -2.99. The van der Waals surface area contributed by atoms with Crippen LogP contribution in [0.5, 0.6) is 0 Å². The van der Waals surface area contributed by atoms with Gasteiger partial charge in [0, 0.05) is 19.6 Å². The lowest BCUT2D eigenvalue weighted by atomic mass is 10.1. The van der Waals surface area contributed by atoms with Gasteiger partial charge in [-0.15, -0.1) is 6.42 Å². The third kappa shape index (κ3) is 16.2. The quantitative estimate of drug-likeness (QED) is 0.0318. The summed E-state index contributed by atoms with van der Waals surface area (Å²) in [5.41, 5.74) is -1.78. The summed E-state index contributed by atoms with van der Waals surface area (Å²) in [6, 6.07) is 0.0957. The fourth-order valence-electron chi connectivity index (χ4n) is 5.53. The number of unbranched alkanes of at least 4 members (excludes halogenated alkanes) is 2. The summed E-state index contributed by atoms with van der Waals surface area (Å²) in [5, 5.41) is 10.1. The lowest BCUT2D eigenvalue weighted by Gasteiger charge is -2.44. The molecule has 0 aliphatic heterocycles. The summed E-state index contributed by atoms with van der Waals surface area (Å²) >= 11 is 0. The second-order valence-corrected chi connectivity index (χ2v) is 20.5. The molecule has 0 amide bonds. The third-order valence-corrected chi connectivity index (χ3v) is 14.6. The Labute approximate surface area is 418 Å². The van der Waals surface area contributed by atoms with Gasteiger partial charge >= 0.3 is 103 Å². The average Bonchev–Trinajstić information content (AvgIpc) is 3.21. The highest BCUT2D eigenvalue weighted by Crippen LogP contribution is 2.62. The van der Waals surface area contributed by atoms with E-state index in [1.54, 1.807) is 13.8 Å². The summed E-state index contributed by atoms with van der Waals surface area (Å²) in [6.45, 7) is -0.647. The van der Waals surface area contributed by atoms with Crippen LogP contribution in [0.3, 0.4) is 0 Å². The van der Waals surface area contributed by atoms with E-state index in [-0.39, 0.29) is 31.2 Å². The first-order chi connectivity index (χ1) is 34.4. The molecular formula is C35H35F35O8Si. The molecule has 6 atom stereocenters. The predicted octanol–water partition coefficient (Wildman–Crippen LogP) is 15.1. The minimum Gasteiger partial charge on any atom is -0.417 e. The van der Waals surface area contributed by atoms with Crippen LogP contribution in [0, 0.1) is 12.3 Å². The van der Waals surface area contributed by atoms with Crippen molar-refractivity contribution in [1.82, 2.24) is 0 Å². The number of aliphatic hydroxyl groups is 1. The fraction of sp³-hybridized carbons (Fsp3) is 0.943. The second kappa shape index (κ2) is 23.9. The van der Waals surface area contributed by atoms with Crippen molar-refractivity contribution in [2.45, 2.75) is 186 Å². The van der Waals surface area contributed by atoms with Crippen molar-refractivity contribution in [3.05, 3.63) is 0 Å². The third-order valence-electron chi connectivity index (χ3n) is 9.95. The highest BCUT2D eigenvalue weighted by Gasteiger charge is 2.91. The van der Waals surface area contributed by atoms with Gasteiger partial charge in [0.2, 0.25) is 0 Å². The first-order valence-electron chi connectivity index (χ1n) is 20.4. The van der Waals surface area contributed by atoms with Gasteiger partial charge in [-0.05, 0) is 31.5 Å². The SMILES string of the molecule is C#CC(C)(O)CCO[Si](CCCC)(CCCC)CCCOCC(F)(OC(F)(F)C(F)(OC(F)(F)C(F)(OC(F)(F)C(F)(OC(F)(F)C(F)(OC(F)(F)C(F)(F)C(F)(F)F)C(F)(F)F)C(F)(F)F)C(F)(F)F)C(F)(F)F)C(F)(F)F. The molecule has 79 heavy (non-hydrogen) atoms. The smallest absolute Gasteiger partial charge is 0.417 e. The number of ether oxygens (including phenoxy) is 6. The van der Waals surface area contributed by atoms with E-state index in [4.69, 9.17) is 10.8 Å². The summed E-state index contributed by atoms with van der Waals surface area (Å²) < 4.78 is 502. The molecule has 0 aliphatic rings. The Balaban J connectivity index is 7.63. The van der Waals surface area contributed by atoms with Gasteiger partial charge in [0.25, 0.3) is 0 Å². The van der Waals surface area contributed by atoms with E-state index in [0.29, 0.717) is 25.7 Å². The van der Waals surface area contributed by atoms with Crippen molar-refractivity contribution < 1.29 is 192 Å². The molecule has 0 saturated heterocycles. The van der Waals surface area contributed by atoms with Crippen LogP contribution < -0.4 is 0 Å². The summed E-state index contributed by atoms with van der Waals surface area (Å²) in [5.74, 6) is -50.8. The molecule has 0 bridgehead atoms. The van der Waals surface area contributed by atoms with Gasteiger partial charge in [0.15, 0.2) is 8.32 Å². The number of rotatable bonds is 31. The minimum absolute atomic E-state index is 0.189. The van der Waals surface area contributed by atoms with Crippen LogP contribution in [0.15, 0.2) is 0 Å². The largest absolute Gasteiger partial charge is 0.462 e. The zero-order valence-electron chi connectivity index (χ0n) is 38.6. The number of terminal acetylenes is 1. The fourth-order valence-corrected chi connectivity index (χ4v) is 10.0. The van der Waals surface area contributed by atoms with Crippen molar-refractivity contribution in [2.75, 3.05) is 19.8 Å². The zero-order valence-corrected chi connectivity index (χ0v) is 39.6. The lowest BCUT2D eigenvalue weighted by molar-refractivity contribution is -0.600. The Morgan fingerprint density at radius 3 is 0.949 bits per heavy atom. The topological polar surface area (TPSA) is 84.8 Å². The van der Waals surface area contributed by atoms with Crippen LogP contribution in [-0.2, 0) is 32.8 Å². The first-order valence-corrected chi connectivity index (χ1v) is 22.9. The van der Waals surface area contributed by atoms with E-state index in [1.807, 2.05) is 10.7 Å². The Bertz CT molecular complexity index is 1990.